The predicted molar refractivity (Wildman–Crippen MR) is 88.8 cm³/mol. The quantitative estimate of drug-likeness (QED) is 0.636. The van der Waals surface area contributed by atoms with Crippen LogP contribution in [0.5, 0.6) is 0 Å². The van der Waals surface area contributed by atoms with Gasteiger partial charge in [-0.15, -0.1) is 0 Å². The Balaban J connectivity index is 1.96. The lowest BCUT2D eigenvalue weighted by Crippen LogP contribution is -2.41. The van der Waals surface area contributed by atoms with E-state index in [1.165, 1.54) is 18.2 Å². The highest BCUT2D eigenvalue weighted by molar-refractivity contribution is 9.10. The monoisotopic (exact) mass is 379 g/mol. The number of amides is 2. The van der Waals surface area contributed by atoms with Crippen LogP contribution >= 0.6 is 15.9 Å². The summed E-state index contributed by atoms with van der Waals surface area (Å²) in [5, 5.41) is 0. The summed E-state index contributed by atoms with van der Waals surface area (Å²) in [7, 11) is 1.72. The van der Waals surface area contributed by atoms with Crippen molar-refractivity contribution < 1.29 is 14.0 Å². The average molecular weight is 380 g/mol. The highest BCUT2D eigenvalue weighted by atomic mass is 79.9. The van der Waals surface area contributed by atoms with E-state index in [0.717, 1.165) is 10.0 Å². The van der Waals surface area contributed by atoms with E-state index in [4.69, 9.17) is 0 Å². The molecule has 1 aromatic carbocycles. The Labute approximate surface area is 141 Å². The van der Waals surface area contributed by atoms with Crippen LogP contribution < -0.4 is 10.9 Å². The molecule has 1 heterocycles. The van der Waals surface area contributed by atoms with Gasteiger partial charge in [0.05, 0.1) is 0 Å². The summed E-state index contributed by atoms with van der Waals surface area (Å²) in [5.41, 5.74) is 6.42. The van der Waals surface area contributed by atoms with Gasteiger partial charge in [0.25, 0.3) is 11.8 Å². The van der Waals surface area contributed by atoms with Crippen molar-refractivity contribution in [2.45, 2.75) is 6.92 Å². The van der Waals surface area contributed by atoms with Crippen LogP contribution in [-0.2, 0) is 11.8 Å². The van der Waals surface area contributed by atoms with Gasteiger partial charge in [0.15, 0.2) is 0 Å². The van der Waals surface area contributed by atoms with Crippen LogP contribution in [0.25, 0.3) is 5.57 Å². The van der Waals surface area contributed by atoms with Crippen LogP contribution in [-0.4, -0.2) is 16.4 Å². The van der Waals surface area contributed by atoms with E-state index in [0.29, 0.717) is 11.3 Å². The van der Waals surface area contributed by atoms with Gasteiger partial charge in [-0.1, -0.05) is 12.1 Å². The summed E-state index contributed by atoms with van der Waals surface area (Å²) in [4.78, 5) is 23.8. The molecule has 2 aromatic rings. The van der Waals surface area contributed by atoms with Gasteiger partial charge in [-0.3, -0.25) is 20.4 Å². The van der Waals surface area contributed by atoms with Crippen LogP contribution in [0.1, 0.15) is 23.0 Å². The van der Waals surface area contributed by atoms with Crippen LogP contribution in [0.2, 0.25) is 0 Å². The smallest absolute Gasteiger partial charge is 0.286 e. The molecule has 120 valence electrons. The molecule has 0 saturated carbocycles. The summed E-state index contributed by atoms with van der Waals surface area (Å²) < 4.78 is 15.3. The van der Waals surface area contributed by atoms with E-state index in [9.17, 15) is 14.0 Å². The minimum absolute atomic E-state index is 0.341. The molecule has 0 fully saturated rings. The molecule has 7 heteroatoms. The van der Waals surface area contributed by atoms with E-state index in [2.05, 4.69) is 26.8 Å². The van der Waals surface area contributed by atoms with Gasteiger partial charge >= 0.3 is 0 Å². The second-order valence-corrected chi connectivity index (χ2v) is 5.85. The second-order valence-electron chi connectivity index (χ2n) is 4.93. The first-order chi connectivity index (χ1) is 10.9. The molecular weight excluding hydrogens is 365 g/mol. The molecular formula is C16H15BrFN3O2. The second kappa shape index (κ2) is 7.23. The number of hydrazine groups is 1. The third kappa shape index (κ3) is 4.53. The lowest BCUT2D eigenvalue weighted by atomic mass is 10.1. The number of hydrogen-bond donors (Lipinski definition) is 2. The summed E-state index contributed by atoms with van der Waals surface area (Å²) in [6, 6.07) is 7.43. The lowest BCUT2D eigenvalue weighted by Gasteiger charge is -2.07. The van der Waals surface area contributed by atoms with Crippen LogP contribution in [0.15, 0.2) is 47.1 Å². The van der Waals surface area contributed by atoms with Crippen molar-refractivity contribution in [2.75, 3.05) is 0 Å². The molecule has 0 unspecified atom stereocenters. The minimum atomic E-state index is -0.478. The third-order valence-electron chi connectivity index (χ3n) is 3.15. The number of rotatable bonds is 3. The summed E-state index contributed by atoms with van der Waals surface area (Å²) in [6.45, 7) is 1.73. The predicted octanol–water partition coefficient (Wildman–Crippen LogP) is 2.79. The van der Waals surface area contributed by atoms with Crippen molar-refractivity contribution in [1.82, 2.24) is 15.4 Å². The summed E-state index contributed by atoms with van der Waals surface area (Å²) in [6.07, 6.45) is 3.06. The molecule has 5 nitrogen and oxygen atoms in total. The summed E-state index contributed by atoms with van der Waals surface area (Å²) in [5.74, 6) is -1.25. The standard InChI is InChI=1S/C16H15BrFN3O2/c1-10(11-3-5-13(18)6-4-11)7-15(22)19-20-16(23)14-8-12(17)9-21(14)2/h3-9H,1-2H3,(H,19,22)(H,20,23)/b10-7-. The number of allylic oxidation sites excluding steroid dienone is 1. The zero-order valence-electron chi connectivity index (χ0n) is 12.6. The molecule has 23 heavy (non-hydrogen) atoms. The Kier molecular flexibility index (Phi) is 5.33. The van der Waals surface area contributed by atoms with Gasteiger partial charge in [-0.25, -0.2) is 4.39 Å². The molecule has 0 saturated heterocycles. The normalized spacial score (nSPS) is 11.2. The molecule has 0 aliphatic heterocycles. The average Bonchev–Trinajstić information content (AvgIpc) is 2.84. The van der Waals surface area contributed by atoms with Crippen LogP contribution in [0.3, 0.4) is 0 Å². The van der Waals surface area contributed by atoms with E-state index in [1.807, 2.05) is 0 Å². The molecule has 2 rings (SSSR count). The van der Waals surface area contributed by atoms with Crippen LogP contribution in [0.4, 0.5) is 4.39 Å². The maximum Gasteiger partial charge on any atom is 0.286 e. The highest BCUT2D eigenvalue weighted by Gasteiger charge is 2.11. The first-order valence-corrected chi connectivity index (χ1v) is 7.52. The minimum Gasteiger partial charge on any atom is -0.345 e. The van der Waals surface area contributed by atoms with Gasteiger partial charge in [0.1, 0.15) is 11.5 Å². The third-order valence-corrected chi connectivity index (χ3v) is 3.58. The Bertz CT molecular complexity index is 766. The molecule has 0 aliphatic carbocycles. The van der Waals surface area contributed by atoms with E-state index >= 15 is 0 Å². The zero-order chi connectivity index (χ0) is 17.0. The Hall–Kier alpha value is -2.41. The number of aryl methyl sites for hydroxylation is 1. The van der Waals surface area contributed by atoms with Gasteiger partial charge in [0, 0.05) is 23.8 Å². The number of hydrogen-bond acceptors (Lipinski definition) is 2. The van der Waals surface area contributed by atoms with Crippen molar-refractivity contribution in [2.24, 2.45) is 7.05 Å². The number of carbonyl (C=O) groups excluding carboxylic acids is 2. The Morgan fingerprint density at radius 2 is 1.87 bits per heavy atom. The zero-order valence-corrected chi connectivity index (χ0v) is 14.1. The van der Waals surface area contributed by atoms with Crippen molar-refractivity contribution in [3.8, 4) is 0 Å². The Morgan fingerprint density at radius 1 is 1.22 bits per heavy atom. The number of aromatic nitrogens is 1. The largest absolute Gasteiger partial charge is 0.345 e. The van der Waals surface area contributed by atoms with Crippen molar-refractivity contribution in [1.29, 1.82) is 0 Å². The van der Waals surface area contributed by atoms with E-state index < -0.39 is 11.8 Å². The Morgan fingerprint density at radius 3 is 2.43 bits per heavy atom. The fourth-order valence-corrected chi connectivity index (χ4v) is 2.49. The van der Waals surface area contributed by atoms with Crippen molar-refractivity contribution >= 4 is 33.3 Å². The molecule has 0 bridgehead atoms. The number of halogens is 2. The number of nitrogens with zero attached hydrogens (tertiary/aromatic N) is 1. The molecule has 0 radical (unpaired) electrons. The SMILES string of the molecule is C/C(=C/C(=O)NNC(=O)c1cc(Br)cn1C)c1ccc(F)cc1. The van der Waals surface area contributed by atoms with Gasteiger partial charge in [0.2, 0.25) is 0 Å². The molecule has 2 amide bonds. The first-order valence-electron chi connectivity index (χ1n) is 6.73. The summed E-state index contributed by atoms with van der Waals surface area (Å²) >= 11 is 3.27. The van der Waals surface area contributed by atoms with Gasteiger partial charge in [-0.2, -0.15) is 0 Å². The van der Waals surface area contributed by atoms with Crippen molar-refractivity contribution in [3.05, 3.63) is 64.2 Å². The highest BCUT2D eigenvalue weighted by Crippen LogP contribution is 2.14. The van der Waals surface area contributed by atoms with E-state index in [-0.39, 0.29) is 5.82 Å². The fraction of sp³-hybridized carbons (Fsp3) is 0.125. The van der Waals surface area contributed by atoms with E-state index in [1.54, 1.807) is 42.9 Å². The molecule has 0 aliphatic rings. The lowest BCUT2D eigenvalue weighted by molar-refractivity contribution is -0.117. The fourth-order valence-electron chi connectivity index (χ4n) is 1.96. The molecule has 0 spiro atoms. The first kappa shape index (κ1) is 17.0. The van der Waals surface area contributed by atoms with Crippen LogP contribution in [0, 0.1) is 5.82 Å². The molecule has 1 aromatic heterocycles. The molecule has 2 N–H and O–H groups in total. The number of benzene rings is 1. The maximum atomic E-state index is 12.9. The van der Waals surface area contributed by atoms with Gasteiger partial charge < -0.3 is 4.57 Å². The molecule has 0 atom stereocenters. The number of carbonyl (C=O) groups is 2. The van der Waals surface area contributed by atoms with Crippen molar-refractivity contribution in [3.63, 3.8) is 0 Å². The van der Waals surface area contributed by atoms with Gasteiger partial charge in [-0.05, 0) is 52.2 Å². The number of nitrogens with one attached hydrogen (secondary N) is 2. The maximum absolute atomic E-state index is 12.9. The topological polar surface area (TPSA) is 63.1 Å².